The quantitative estimate of drug-likeness (QED) is 0.842. The van der Waals surface area contributed by atoms with Gasteiger partial charge in [0.15, 0.2) is 6.39 Å². The van der Waals surface area contributed by atoms with Gasteiger partial charge in [0.1, 0.15) is 6.26 Å². The molecule has 2 heterocycles. The Morgan fingerprint density at radius 2 is 2.27 bits per heavy atom. The molecule has 0 spiro atoms. The van der Waals surface area contributed by atoms with E-state index in [9.17, 15) is 0 Å². The smallest absolute Gasteiger partial charge is 0.180 e. The molecule has 2 rings (SSSR count). The lowest BCUT2D eigenvalue weighted by molar-refractivity contribution is 0.554. The minimum absolute atomic E-state index is 0.718. The zero-order valence-corrected chi connectivity index (χ0v) is 9.38. The first-order valence-electron chi connectivity index (χ1n) is 4.89. The van der Waals surface area contributed by atoms with Gasteiger partial charge in [-0.3, -0.25) is 0 Å². The van der Waals surface area contributed by atoms with Crippen LogP contribution in [0, 0.1) is 0 Å². The van der Waals surface area contributed by atoms with Crippen LogP contribution < -0.4 is 5.32 Å². The summed E-state index contributed by atoms with van der Waals surface area (Å²) >= 11 is 1.71. The van der Waals surface area contributed by atoms with Gasteiger partial charge in [-0.1, -0.05) is 6.92 Å². The van der Waals surface area contributed by atoms with Gasteiger partial charge in [0.25, 0.3) is 0 Å². The van der Waals surface area contributed by atoms with Gasteiger partial charge in [-0.15, -0.1) is 11.3 Å². The Labute approximate surface area is 92.4 Å². The molecule has 5 heteroatoms. The maximum absolute atomic E-state index is 4.87. The highest BCUT2D eigenvalue weighted by molar-refractivity contribution is 7.09. The Bertz CT molecular complexity index is 396. The Morgan fingerprint density at radius 1 is 1.40 bits per heavy atom. The van der Waals surface area contributed by atoms with E-state index >= 15 is 0 Å². The molecule has 80 valence electrons. The van der Waals surface area contributed by atoms with E-state index in [0.29, 0.717) is 0 Å². The van der Waals surface area contributed by atoms with E-state index in [2.05, 4.69) is 27.6 Å². The number of nitrogens with zero attached hydrogens (tertiary/aromatic N) is 2. The Kier molecular flexibility index (Phi) is 3.47. The fourth-order valence-electron chi connectivity index (χ4n) is 1.24. The Hall–Kier alpha value is -1.20. The van der Waals surface area contributed by atoms with Crippen molar-refractivity contribution in [1.29, 1.82) is 0 Å². The minimum atomic E-state index is 0.718. The first-order valence-corrected chi connectivity index (χ1v) is 5.77. The number of aromatic nitrogens is 2. The van der Waals surface area contributed by atoms with Crippen LogP contribution in [0.2, 0.25) is 0 Å². The molecule has 1 N–H and O–H groups in total. The van der Waals surface area contributed by atoms with Crippen LogP contribution in [0.15, 0.2) is 22.5 Å². The van der Waals surface area contributed by atoms with E-state index in [4.69, 9.17) is 4.42 Å². The summed E-state index contributed by atoms with van der Waals surface area (Å²) in [5.41, 5.74) is 2.02. The molecule has 0 atom stereocenters. The maximum atomic E-state index is 4.87. The van der Waals surface area contributed by atoms with Crippen molar-refractivity contribution in [3.05, 3.63) is 34.4 Å². The summed E-state index contributed by atoms with van der Waals surface area (Å²) in [7, 11) is 0. The predicted molar refractivity (Wildman–Crippen MR) is 58.5 cm³/mol. The minimum Gasteiger partial charge on any atom is -0.451 e. The van der Waals surface area contributed by atoms with Crippen LogP contribution in [0.25, 0.3) is 0 Å². The van der Waals surface area contributed by atoms with Gasteiger partial charge < -0.3 is 9.73 Å². The molecule has 0 aliphatic heterocycles. The summed E-state index contributed by atoms with van der Waals surface area (Å²) in [5, 5.41) is 6.54. The van der Waals surface area contributed by atoms with Crippen LogP contribution in [0.4, 0.5) is 0 Å². The molecule has 2 aromatic heterocycles. The number of oxazole rings is 1. The summed E-state index contributed by atoms with van der Waals surface area (Å²) in [6, 6.07) is 0. The Balaban J connectivity index is 1.78. The Morgan fingerprint density at radius 3 is 2.93 bits per heavy atom. The van der Waals surface area contributed by atoms with E-state index in [-0.39, 0.29) is 0 Å². The van der Waals surface area contributed by atoms with Gasteiger partial charge in [-0.25, -0.2) is 9.97 Å². The summed E-state index contributed by atoms with van der Waals surface area (Å²) < 4.78 is 4.87. The summed E-state index contributed by atoms with van der Waals surface area (Å²) in [5.74, 6) is 0. The van der Waals surface area contributed by atoms with Crippen LogP contribution in [0.5, 0.6) is 0 Å². The second kappa shape index (κ2) is 5.04. The molecule has 2 aromatic rings. The summed E-state index contributed by atoms with van der Waals surface area (Å²) in [6.07, 6.45) is 4.09. The molecule has 0 bridgehead atoms. The fraction of sp³-hybridized carbons (Fsp3) is 0.400. The van der Waals surface area contributed by atoms with Gasteiger partial charge in [-0.05, 0) is 6.42 Å². The van der Waals surface area contributed by atoms with Gasteiger partial charge >= 0.3 is 0 Å². The van der Waals surface area contributed by atoms with Crippen molar-refractivity contribution in [2.45, 2.75) is 26.4 Å². The highest BCUT2D eigenvalue weighted by Gasteiger charge is 2.00. The van der Waals surface area contributed by atoms with Crippen molar-refractivity contribution < 1.29 is 4.42 Å². The number of hydrogen-bond acceptors (Lipinski definition) is 5. The molecule has 0 amide bonds. The summed E-state index contributed by atoms with van der Waals surface area (Å²) in [4.78, 5) is 8.48. The molecule has 0 saturated heterocycles. The van der Waals surface area contributed by atoms with Crippen molar-refractivity contribution in [2.24, 2.45) is 0 Å². The average molecular weight is 223 g/mol. The third kappa shape index (κ3) is 2.87. The van der Waals surface area contributed by atoms with Crippen LogP contribution in [0.3, 0.4) is 0 Å². The molecule has 0 aliphatic rings. The van der Waals surface area contributed by atoms with Crippen molar-refractivity contribution in [2.75, 3.05) is 0 Å². The molecule has 0 aromatic carbocycles. The first kappa shape index (κ1) is 10.3. The van der Waals surface area contributed by atoms with Gasteiger partial charge in [0.05, 0.1) is 16.4 Å². The topological polar surface area (TPSA) is 51.0 Å². The highest BCUT2D eigenvalue weighted by atomic mass is 32.1. The van der Waals surface area contributed by atoms with E-state index < -0.39 is 0 Å². The van der Waals surface area contributed by atoms with Crippen LogP contribution in [0.1, 0.15) is 23.3 Å². The molecular formula is C10H13N3OS. The zero-order valence-electron chi connectivity index (χ0n) is 8.56. The van der Waals surface area contributed by atoms with Crippen molar-refractivity contribution in [3.8, 4) is 0 Å². The lowest BCUT2D eigenvalue weighted by atomic mass is 10.4. The van der Waals surface area contributed by atoms with E-state index in [0.717, 1.165) is 30.9 Å². The fourth-order valence-corrected chi connectivity index (χ4v) is 1.98. The van der Waals surface area contributed by atoms with Gasteiger partial charge in [-0.2, -0.15) is 0 Å². The predicted octanol–water partition coefficient (Wildman–Crippen LogP) is 1.98. The van der Waals surface area contributed by atoms with E-state index in [1.165, 1.54) is 11.4 Å². The van der Waals surface area contributed by atoms with Gasteiger partial charge in [0, 0.05) is 18.5 Å². The second-order valence-electron chi connectivity index (χ2n) is 3.17. The monoisotopic (exact) mass is 223 g/mol. The SMILES string of the molecule is CCc1nc(CNCc2cocn2)cs1. The third-order valence-electron chi connectivity index (χ3n) is 2.00. The maximum Gasteiger partial charge on any atom is 0.180 e. The molecule has 15 heavy (non-hydrogen) atoms. The van der Waals surface area contributed by atoms with Crippen molar-refractivity contribution in [3.63, 3.8) is 0 Å². The highest BCUT2D eigenvalue weighted by Crippen LogP contribution is 2.09. The molecule has 0 aliphatic carbocycles. The molecule has 0 radical (unpaired) electrons. The molecule has 0 unspecified atom stereocenters. The number of hydrogen-bond donors (Lipinski definition) is 1. The molecule has 0 fully saturated rings. The number of aryl methyl sites for hydroxylation is 1. The second-order valence-corrected chi connectivity index (χ2v) is 4.11. The lowest BCUT2D eigenvalue weighted by Gasteiger charge is -1.98. The number of rotatable bonds is 5. The van der Waals surface area contributed by atoms with E-state index in [1.807, 2.05) is 0 Å². The van der Waals surface area contributed by atoms with Crippen molar-refractivity contribution >= 4 is 11.3 Å². The standard InChI is InChI=1S/C10H13N3OS/c1-2-10-13-9(6-15-10)4-11-3-8-5-14-7-12-8/h5-7,11H,2-4H2,1H3. The first-order chi connectivity index (χ1) is 7.38. The van der Waals surface area contributed by atoms with E-state index in [1.54, 1.807) is 17.6 Å². The van der Waals surface area contributed by atoms with Crippen molar-refractivity contribution in [1.82, 2.24) is 15.3 Å². The third-order valence-corrected chi connectivity index (χ3v) is 3.04. The van der Waals surface area contributed by atoms with Crippen LogP contribution in [-0.2, 0) is 19.5 Å². The normalized spacial score (nSPS) is 10.7. The number of thiazole rings is 1. The lowest BCUT2D eigenvalue weighted by Crippen LogP contribution is -2.13. The van der Waals surface area contributed by atoms with Crippen LogP contribution in [-0.4, -0.2) is 9.97 Å². The zero-order chi connectivity index (χ0) is 10.5. The molecule has 4 nitrogen and oxygen atoms in total. The average Bonchev–Trinajstić information content (AvgIpc) is 2.88. The molecule has 0 saturated carbocycles. The molecular weight excluding hydrogens is 210 g/mol. The largest absolute Gasteiger partial charge is 0.451 e. The van der Waals surface area contributed by atoms with Crippen LogP contribution >= 0.6 is 11.3 Å². The van der Waals surface area contributed by atoms with Gasteiger partial charge in [0.2, 0.25) is 0 Å². The summed E-state index contributed by atoms with van der Waals surface area (Å²) in [6.45, 7) is 3.62. The number of nitrogens with one attached hydrogen (secondary N) is 1.